The first kappa shape index (κ1) is 15.8. The van der Waals surface area contributed by atoms with E-state index in [2.05, 4.69) is 15.5 Å². The van der Waals surface area contributed by atoms with Crippen molar-refractivity contribution in [2.45, 2.75) is 26.7 Å². The first-order valence-corrected chi connectivity index (χ1v) is 7.20. The molecule has 0 aliphatic rings. The minimum atomic E-state index is -0.459. The van der Waals surface area contributed by atoms with E-state index in [-0.39, 0.29) is 5.56 Å². The molecular formula is C16H19N3O3. The van der Waals surface area contributed by atoms with Gasteiger partial charge in [-0.2, -0.15) is 5.10 Å². The maximum atomic E-state index is 11.5. The fourth-order valence-corrected chi connectivity index (χ4v) is 1.96. The third kappa shape index (κ3) is 4.18. The summed E-state index contributed by atoms with van der Waals surface area (Å²) in [4.78, 5) is 22.7. The molecule has 2 rings (SSSR count). The van der Waals surface area contributed by atoms with Gasteiger partial charge in [-0.25, -0.2) is 9.89 Å². The predicted octanol–water partition coefficient (Wildman–Crippen LogP) is 3.09. The van der Waals surface area contributed by atoms with Crippen LogP contribution in [0.4, 0.5) is 10.5 Å². The Morgan fingerprint density at radius 1 is 1.32 bits per heavy atom. The summed E-state index contributed by atoms with van der Waals surface area (Å²) in [6, 6.07) is 8.69. The molecule has 2 aromatic rings. The van der Waals surface area contributed by atoms with E-state index in [4.69, 9.17) is 4.74 Å². The number of hydrogen-bond acceptors (Lipinski definition) is 4. The summed E-state index contributed by atoms with van der Waals surface area (Å²) in [5.41, 5.74) is 2.78. The molecular weight excluding hydrogens is 282 g/mol. The SMILES string of the molecule is CCCCOC(=O)Nc1ccc(-c2n[nH]c(=O)cc2C)cc1. The zero-order chi connectivity index (χ0) is 15.9. The molecule has 0 fully saturated rings. The third-order valence-electron chi connectivity index (χ3n) is 3.13. The van der Waals surface area contributed by atoms with Gasteiger partial charge in [0.25, 0.3) is 5.56 Å². The van der Waals surface area contributed by atoms with Crippen LogP contribution in [0.3, 0.4) is 0 Å². The van der Waals surface area contributed by atoms with Crippen LogP contribution in [0, 0.1) is 6.92 Å². The molecule has 6 nitrogen and oxygen atoms in total. The number of ether oxygens (including phenoxy) is 1. The van der Waals surface area contributed by atoms with Gasteiger partial charge in [-0.3, -0.25) is 10.1 Å². The number of aromatic nitrogens is 2. The molecule has 0 saturated carbocycles. The molecule has 0 spiro atoms. The molecule has 1 aromatic heterocycles. The molecule has 6 heteroatoms. The van der Waals surface area contributed by atoms with Crippen LogP contribution in [-0.4, -0.2) is 22.9 Å². The molecule has 0 aliphatic carbocycles. The van der Waals surface area contributed by atoms with Gasteiger partial charge in [-0.05, 0) is 31.0 Å². The minimum Gasteiger partial charge on any atom is -0.449 e. The Morgan fingerprint density at radius 3 is 2.68 bits per heavy atom. The zero-order valence-electron chi connectivity index (χ0n) is 12.7. The maximum absolute atomic E-state index is 11.5. The summed E-state index contributed by atoms with van der Waals surface area (Å²) < 4.78 is 5.03. The number of carbonyl (C=O) groups excluding carboxylic acids is 1. The summed E-state index contributed by atoms with van der Waals surface area (Å²) in [6.07, 6.45) is 1.37. The molecule has 0 atom stereocenters. The lowest BCUT2D eigenvalue weighted by Crippen LogP contribution is -2.14. The molecule has 2 N–H and O–H groups in total. The lowest BCUT2D eigenvalue weighted by Gasteiger charge is -2.08. The minimum absolute atomic E-state index is 0.227. The highest BCUT2D eigenvalue weighted by Gasteiger charge is 2.06. The molecule has 0 radical (unpaired) electrons. The Bertz CT molecular complexity index is 693. The van der Waals surface area contributed by atoms with Crippen molar-refractivity contribution in [3.05, 3.63) is 46.2 Å². The van der Waals surface area contributed by atoms with Crippen molar-refractivity contribution in [1.29, 1.82) is 0 Å². The second kappa shape index (κ2) is 7.40. The standard InChI is InChI=1S/C16H19N3O3/c1-3-4-9-22-16(21)17-13-7-5-12(6-8-13)15-11(2)10-14(20)18-19-15/h5-8,10H,3-4,9H2,1-2H3,(H,17,21)(H,18,20). The second-order valence-electron chi connectivity index (χ2n) is 4.96. The lowest BCUT2D eigenvalue weighted by molar-refractivity contribution is 0.160. The van der Waals surface area contributed by atoms with Crippen LogP contribution in [0.15, 0.2) is 35.1 Å². The van der Waals surface area contributed by atoms with Crippen molar-refractivity contribution < 1.29 is 9.53 Å². The Hall–Kier alpha value is -2.63. The molecule has 1 aromatic carbocycles. The summed E-state index contributed by atoms with van der Waals surface area (Å²) in [5, 5.41) is 9.12. The van der Waals surface area contributed by atoms with Crippen molar-refractivity contribution in [3.8, 4) is 11.3 Å². The van der Waals surface area contributed by atoms with Crippen LogP contribution >= 0.6 is 0 Å². The van der Waals surface area contributed by atoms with Crippen LogP contribution in [0.1, 0.15) is 25.3 Å². The summed E-state index contributed by atoms with van der Waals surface area (Å²) in [7, 11) is 0. The number of nitrogens with one attached hydrogen (secondary N) is 2. The highest BCUT2D eigenvalue weighted by atomic mass is 16.5. The monoisotopic (exact) mass is 301 g/mol. The van der Waals surface area contributed by atoms with Gasteiger partial charge >= 0.3 is 6.09 Å². The average molecular weight is 301 g/mol. The normalized spacial score (nSPS) is 10.3. The number of benzene rings is 1. The van der Waals surface area contributed by atoms with Crippen molar-refractivity contribution in [1.82, 2.24) is 10.2 Å². The second-order valence-corrected chi connectivity index (χ2v) is 4.96. The topological polar surface area (TPSA) is 84.1 Å². The van der Waals surface area contributed by atoms with Crippen LogP contribution < -0.4 is 10.9 Å². The van der Waals surface area contributed by atoms with E-state index in [9.17, 15) is 9.59 Å². The van der Waals surface area contributed by atoms with Crippen molar-refractivity contribution in [3.63, 3.8) is 0 Å². The van der Waals surface area contributed by atoms with Gasteiger partial charge in [0, 0.05) is 17.3 Å². The number of unbranched alkanes of at least 4 members (excludes halogenated alkanes) is 1. The summed E-state index contributed by atoms with van der Waals surface area (Å²) in [5.74, 6) is 0. The van der Waals surface area contributed by atoms with Gasteiger partial charge in [0.2, 0.25) is 0 Å². The van der Waals surface area contributed by atoms with Gasteiger partial charge in [0.05, 0.1) is 12.3 Å². The average Bonchev–Trinajstić information content (AvgIpc) is 2.49. The molecule has 1 heterocycles. The van der Waals surface area contributed by atoms with Crippen LogP contribution in [-0.2, 0) is 4.74 Å². The fraction of sp³-hybridized carbons (Fsp3) is 0.312. The molecule has 116 valence electrons. The van der Waals surface area contributed by atoms with Gasteiger partial charge in [-0.15, -0.1) is 0 Å². The number of H-pyrrole nitrogens is 1. The Labute approximate surface area is 128 Å². The molecule has 0 bridgehead atoms. The Balaban J connectivity index is 2.04. The van der Waals surface area contributed by atoms with E-state index in [1.165, 1.54) is 6.07 Å². The number of carbonyl (C=O) groups is 1. The van der Waals surface area contributed by atoms with E-state index < -0.39 is 6.09 Å². The van der Waals surface area contributed by atoms with Crippen molar-refractivity contribution in [2.24, 2.45) is 0 Å². The lowest BCUT2D eigenvalue weighted by atomic mass is 10.1. The van der Waals surface area contributed by atoms with E-state index in [1.54, 1.807) is 12.1 Å². The van der Waals surface area contributed by atoms with Crippen LogP contribution in [0.5, 0.6) is 0 Å². The number of amides is 1. The third-order valence-corrected chi connectivity index (χ3v) is 3.13. The predicted molar refractivity (Wildman–Crippen MR) is 84.9 cm³/mol. The number of nitrogens with zero attached hydrogens (tertiary/aromatic N) is 1. The van der Waals surface area contributed by atoms with Crippen LogP contribution in [0.25, 0.3) is 11.3 Å². The van der Waals surface area contributed by atoms with E-state index in [1.807, 2.05) is 26.0 Å². The number of aryl methyl sites for hydroxylation is 1. The van der Waals surface area contributed by atoms with E-state index in [0.717, 1.165) is 24.0 Å². The maximum Gasteiger partial charge on any atom is 0.411 e. The first-order chi connectivity index (χ1) is 10.6. The van der Waals surface area contributed by atoms with Crippen molar-refractivity contribution >= 4 is 11.8 Å². The molecule has 0 aliphatic heterocycles. The van der Waals surface area contributed by atoms with E-state index in [0.29, 0.717) is 18.0 Å². The highest BCUT2D eigenvalue weighted by molar-refractivity contribution is 5.85. The first-order valence-electron chi connectivity index (χ1n) is 7.20. The summed E-state index contributed by atoms with van der Waals surface area (Å²) >= 11 is 0. The van der Waals surface area contributed by atoms with Gasteiger partial charge < -0.3 is 4.74 Å². The van der Waals surface area contributed by atoms with Crippen molar-refractivity contribution in [2.75, 3.05) is 11.9 Å². The number of aromatic amines is 1. The number of anilines is 1. The number of rotatable bonds is 5. The zero-order valence-corrected chi connectivity index (χ0v) is 12.7. The Morgan fingerprint density at radius 2 is 2.05 bits per heavy atom. The van der Waals surface area contributed by atoms with E-state index >= 15 is 0 Å². The largest absolute Gasteiger partial charge is 0.449 e. The smallest absolute Gasteiger partial charge is 0.411 e. The van der Waals surface area contributed by atoms with Gasteiger partial charge in [0.1, 0.15) is 0 Å². The fourth-order valence-electron chi connectivity index (χ4n) is 1.96. The highest BCUT2D eigenvalue weighted by Crippen LogP contribution is 2.21. The molecule has 0 saturated heterocycles. The molecule has 1 amide bonds. The molecule has 0 unspecified atom stereocenters. The molecule has 22 heavy (non-hydrogen) atoms. The Kier molecular flexibility index (Phi) is 5.30. The van der Waals surface area contributed by atoms with Gasteiger partial charge in [0.15, 0.2) is 0 Å². The quantitative estimate of drug-likeness (QED) is 0.831. The summed E-state index contributed by atoms with van der Waals surface area (Å²) in [6.45, 7) is 4.28. The number of hydrogen-bond donors (Lipinski definition) is 2. The van der Waals surface area contributed by atoms with Crippen LogP contribution in [0.2, 0.25) is 0 Å². The van der Waals surface area contributed by atoms with Gasteiger partial charge in [-0.1, -0.05) is 25.5 Å².